The summed E-state index contributed by atoms with van der Waals surface area (Å²) in [6, 6.07) is 7.24. The molecule has 0 bridgehead atoms. The van der Waals surface area contributed by atoms with Crippen molar-refractivity contribution in [1.82, 2.24) is 0 Å². The van der Waals surface area contributed by atoms with E-state index in [9.17, 15) is 4.79 Å². The van der Waals surface area contributed by atoms with E-state index in [4.69, 9.17) is 5.26 Å². The number of carbonyl (C=O) groups is 1. The quantitative estimate of drug-likeness (QED) is 0.783. The summed E-state index contributed by atoms with van der Waals surface area (Å²) in [5.41, 5.74) is 0.536. The van der Waals surface area contributed by atoms with E-state index in [1.807, 2.05) is 12.1 Å². The Morgan fingerprint density at radius 2 is 2.14 bits per heavy atom. The Bertz CT molecular complexity index is 409. The molecule has 1 unspecified atom stereocenters. The van der Waals surface area contributed by atoms with Crippen molar-refractivity contribution in [3.05, 3.63) is 32.7 Å². The van der Waals surface area contributed by atoms with Crippen LogP contribution in [0.1, 0.15) is 17.3 Å². The van der Waals surface area contributed by atoms with Gasteiger partial charge >= 0.3 is 0 Å². The van der Waals surface area contributed by atoms with E-state index < -0.39 is 5.92 Å². The lowest BCUT2D eigenvalue weighted by Gasteiger charge is -2.05. The zero-order valence-electron chi connectivity index (χ0n) is 7.42. The molecular formula is C10H7Br2NO. The van der Waals surface area contributed by atoms with Crippen LogP contribution in [0.4, 0.5) is 0 Å². The number of carbonyl (C=O) groups excluding carboxylic acids is 1. The predicted octanol–water partition coefficient (Wildman–Crippen LogP) is 3.55. The van der Waals surface area contributed by atoms with Crippen molar-refractivity contribution in [3.63, 3.8) is 0 Å². The zero-order valence-corrected chi connectivity index (χ0v) is 10.6. The largest absolute Gasteiger partial charge is 0.293 e. The Kier molecular flexibility index (Phi) is 3.85. The van der Waals surface area contributed by atoms with Gasteiger partial charge in [0.2, 0.25) is 0 Å². The van der Waals surface area contributed by atoms with Gasteiger partial charge in [0.1, 0.15) is 5.92 Å². The number of halogens is 2. The maximum absolute atomic E-state index is 11.7. The summed E-state index contributed by atoms with van der Waals surface area (Å²) in [4.78, 5) is 11.7. The molecular weight excluding hydrogens is 310 g/mol. The van der Waals surface area contributed by atoms with Crippen LogP contribution in [0.25, 0.3) is 0 Å². The number of nitriles is 1. The maximum Gasteiger partial charge on any atom is 0.180 e. The fourth-order valence-corrected chi connectivity index (χ4v) is 1.78. The standard InChI is InChI=1S/C10H7Br2NO/c1-6(5-13)10(14)8-4-7(11)2-3-9(8)12/h2-4,6H,1H3. The van der Waals surface area contributed by atoms with Crippen molar-refractivity contribution >= 4 is 37.6 Å². The molecule has 0 aliphatic rings. The van der Waals surface area contributed by atoms with E-state index in [0.29, 0.717) is 10.0 Å². The van der Waals surface area contributed by atoms with E-state index >= 15 is 0 Å². The minimum Gasteiger partial charge on any atom is -0.293 e. The Morgan fingerprint density at radius 1 is 1.50 bits per heavy atom. The topological polar surface area (TPSA) is 40.9 Å². The first-order valence-corrected chi connectivity index (χ1v) is 5.53. The van der Waals surface area contributed by atoms with Gasteiger partial charge in [-0.05, 0) is 25.1 Å². The van der Waals surface area contributed by atoms with E-state index in [1.165, 1.54) is 0 Å². The van der Waals surface area contributed by atoms with E-state index in [-0.39, 0.29) is 5.78 Å². The van der Waals surface area contributed by atoms with Crippen molar-refractivity contribution < 1.29 is 4.79 Å². The number of nitrogens with zero attached hydrogens (tertiary/aromatic N) is 1. The monoisotopic (exact) mass is 315 g/mol. The average Bonchev–Trinajstić information content (AvgIpc) is 2.19. The fourth-order valence-electron chi connectivity index (χ4n) is 0.978. The number of hydrogen-bond acceptors (Lipinski definition) is 2. The summed E-state index contributed by atoms with van der Waals surface area (Å²) in [5, 5.41) is 8.63. The van der Waals surface area contributed by atoms with Crippen molar-refractivity contribution in [1.29, 1.82) is 5.26 Å². The van der Waals surface area contributed by atoms with Gasteiger partial charge in [0, 0.05) is 14.5 Å². The first-order valence-electron chi connectivity index (χ1n) is 3.95. The second kappa shape index (κ2) is 4.72. The molecule has 0 spiro atoms. The molecule has 0 heterocycles. The van der Waals surface area contributed by atoms with Crippen LogP contribution in [0.15, 0.2) is 27.1 Å². The van der Waals surface area contributed by atoms with Crippen LogP contribution >= 0.6 is 31.9 Å². The van der Waals surface area contributed by atoms with Crippen molar-refractivity contribution in [2.24, 2.45) is 5.92 Å². The molecule has 1 atom stereocenters. The Morgan fingerprint density at radius 3 is 2.71 bits per heavy atom. The van der Waals surface area contributed by atoms with Crippen LogP contribution in [0, 0.1) is 17.2 Å². The van der Waals surface area contributed by atoms with Crippen molar-refractivity contribution in [3.8, 4) is 6.07 Å². The molecule has 1 aromatic rings. The third kappa shape index (κ3) is 2.43. The molecule has 0 saturated heterocycles. The number of hydrogen-bond donors (Lipinski definition) is 0. The van der Waals surface area contributed by atoms with Crippen LogP contribution in [-0.2, 0) is 0 Å². The SMILES string of the molecule is CC(C#N)C(=O)c1cc(Br)ccc1Br. The maximum atomic E-state index is 11.7. The minimum atomic E-state index is -0.611. The van der Waals surface area contributed by atoms with Crippen LogP contribution < -0.4 is 0 Å². The molecule has 0 aliphatic heterocycles. The van der Waals surface area contributed by atoms with E-state index in [2.05, 4.69) is 31.9 Å². The fraction of sp³-hybridized carbons (Fsp3) is 0.200. The highest BCUT2D eigenvalue weighted by molar-refractivity contribution is 9.11. The number of rotatable bonds is 2. The predicted molar refractivity (Wildman–Crippen MR) is 60.9 cm³/mol. The molecule has 2 nitrogen and oxygen atoms in total. The van der Waals surface area contributed by atoms with Gasteiger partial charge in [-0.2, -0.15) is 5.26 Å². The van der Waals surface area contributed by atoms with E-state index in [1.54, 1.807) is 19.1 Å². The van der Waals surface area contributed by atoms with Gasteiger partial charge in [-0.1, -0.05) is 31.9 Å². The summed E-state index contributed by atoms with van der Waals surface area (Å²) in [5.74, 6) is -0.777. The Hall–Kier alpha value is -0.660. The molecule has 4 heteroatoms. The summed E-state index contributed by atoms with van der Waals surface area (Å²) in [7, 11) is 0. The molecule has 1 aromatic carbocycles. The molecule has 0 fully saturated rings. The Labute approximate surface area is 99.2 Å². The van der Waals surface area contributed by atoms with Gasteiger partial charge in [-0.15, -0.1) is 0 Å². The lowest BCUT2D eigenvalue weighted by Crippen LogP contribution is -2.09. The average molecular weight is 317 g/mol. The first kappa shape index (κ1) is 11.4. The molecule has 14 heavy (non-hydrogen) atoms. The molecule has 0 saturated carbocycles. The normalized spacial score (nSPS) is 11.9. The highest BCUT2D eigenvalue weighted by atomic mass is 79.9. The van der Waals surface area contributed by atoms with Gasteiger partial charge < -0.3 is 0 Å². The van der Waals surface area contributed by atoms with Crippen LogP contribution in [0.3, 0.4) is 0 Å². The van der Waals surface area contributed by atoms with Gasteiger partial charge in [0.25, 0.3) is 0 Å². The van der Waals surface area contributed by atoms with Crippen molar-refractivity contribution in [2.45, 2.75) is 6.92 Å². The van der Waals surface area contributed by atoms with Gasteiger partial charge in [0.15, 0.2) is 5.78 Å². The van der Waals surface area contributed by atoms with E-state index in [0.717, 1.165) is 4.47 Å². The first-order chi connectivity index (χ1) is 6.56. The third-order valence-corrected chi connectivity index (χ3v) is 2.97. The molecule has 0 aliphatic carbocycles. The Balaban J connectivity index is 3.14. The third-order valence-electron chi connectivity index (χ3n) is 1.78. The molecule has 72 valence electrons. The van der Waals surface area contributed by atoms with Gasteiger partial charge in [-0.25, -0.2) is 0 Å². The van der Waals surface area contributed by atoms with Crippen LogP contribution in [0.2, 0.25) is 0 Å². The number of benzene rings is 1. The van der Waals surface area contributed by atoms with Crippen LogP contribution in [0.5, 0.6) is 0 Å². The summed E-state index contributed by atoms with van der Waals surface area (Å²) < 4.78 is 1.54. The molecule has 0 radical (unpaired) electrons. The molecule has 0 amide bonds. The van der Waals surface area contributed by atoms with Crippen LogP contribution in [-0.4, -0.2) is 5.78 Å². The highest BCUT2D eigenvalue weighted by Crippen LogP contribution is 2.23. The van der Waals surface area contributed by atoms with Gasteiger partial charge in [0.05, 0.1) is 6.07 Å². The number of ketones is 1. The summed E-state index contributed by atoms with van der Waals surface area (Å²) in [6.07, 6.45) is 0. The van der Waals surface area contributed by atoms with Gasteiger partial charge in [-0.3, -0.25) is 4.79 Å². The van der Waals surface area contributed by atoms with Crippen molar-refractivity contribution in [2.75, 3.05) is 0 Å². The second-order valence-electron chi connectivity index (χ2n) is 2.84. The minimum absolute atomic E-state index is 0.166. The summed E-state index contributed by atoms with van der Waals surface area (Å²) in [6.45, 7) is 1.59. The zero-order chi connectivity index (χ0) is 10.7. The summed E-state index contributed by atoms with van der Waals surface area (Å²) >= 11 is 6.56. The number of Topliss-reactive ketones (excluding diaryl/α,β-unsaturated/α-hetero) is 1. The molecule has 0 aromatic heterocycles. The second-order valence-corrected chi connectivity index (χ2v) is 4.61. The lowest BCUT2D eigenvalue weighted by atomic mass is 10.0. The molecule has 0 N–H and O–H groups in total. The smallest absolute Gasteiger partial charge is 0.180 e. The lowest BCUT2D eigenvalue weighted by molar-refractivity contribution is 0.0956. The molecule has 1 rings (SSSR count). The highest BCUT2D eigenvalue weighted by Gasteiger charge is 2.17.